The average Bonchev–Trinajstić information content (AvgIpc) is 2.93. The molecule has 1 aromatic carbocycles. The summed E-state index contributed by atoms with van der Waals surface area (Å²) in [6.45, 7) is -0.0270. The fourth-order valence-electron chi connectivity index (χ4n) is 2.31. The van der Waals surface area contributed by atoms with Gasteiger partial charge in [-0.05, 0) is 18.2 Å². The molecule has 0 saturated carbocycles. The quantitative estimate of drug-likeness (QED) is 0.629. The molecule has 2 N–H and O–H groups in total. The summed E-state index contributed by atoms with van der Waals surface area (Å²) in [5, 5.41) is 11.9. The van der Waals surface area contributed by atoms with Crippen molar-refractivity contribution in [2.45, 2.75) is 6.42 Å². The number of thioether (sulfide) groups is 1. The maximum atomic E-state index is 12.5. The Hall–Kier alpha value is -1.90. The fourth-order valence-corrected chi connectivity index (χ4v) is 3.87. The number of rotatable bonds is 3. The highest BCUT2D eigenvalue weighted by atomic mass is 35.5. The highest BCUT2D eigenvalue weighted by Crippen LogP contribution is 2.42. The number of hydrogen-bond acceptors (Lipinski definition) is 5. The van der Waals surface area contributed by atoms with Crippen molar-refractivity contribution in [3.8, 4) is 0 Å². The second-order valence-electron chi connectivity index (χ2n) is 4.82. The number of amides is 2. The molecule has 0 radical (unpaired) electrons. The lowest BCUT2D eigenvalue weighted by atomic mass is 10.1. The number of aliphatic carboxylic acids is 1. The first-order chi connectivity index (χ1) is 10.9. The lowest BCUT2D eigenvalue weighted by Gasteiger charge is -2.12. The van der Waals surface area contributed by atoms with Gasteiger partial charge in [0.2, 0.25) is 0 Å². The number of carbonyl (C=O) groups is 3. The summed E-state index contributed by atoms with van der Waals surface area (Å²) >= 11 is 12.1. The minimum absolute atomic E-state index is 0.0270. The van der Waals surface area contributed by atoms with Crippen molar-refractivity contribution in [2.24, 2.45) is 0 Å². The van der Waals surface area contributed by atoms with Gasteiger partial charge in [-0.1, -0.05) is 35.6 Å². The summed E-state index contributed by atoms with van der Waals surface area (Å²) in [6, 6.07) is 4.91. The largest absolute Gasteiger partial charge is 0.481 e. The Morgan fingerprint density at radius 1 is 1.39 bits per heavy atom. The van der Waals surface area contributed by atoms with E-state index in [1.54, 1.807) is 18.2 Å². The van der Waals surface area contributed by atoms with E-state index in [2.05, 4.69) is 5.32 Å². The summed E-state index contributed by atoms with van der Waals surface area (Å²) in [7, 11) is 0. The molecule has 1 saturated heterocycles. The van der Waals surface area contributed by atoms with E-state index in [9.17, 15) is 14.4 Å². The van der Waals surface area contributed by atoms with Crippen LogP contribution in [0.4, 0.5) is 5.69 Å². The maximum Gasteiger partial charge on any atom is 0.305 e. The zero-order valence-corrected chi connectivity index (χ0v) is 13.8. The van der Waals surface area contributed by atoms with Crippen LogP contribution in [0.1, 0.15) is 12.0 Å². The molecule has 1 aromatic rings. The highest BCUT2D eigenvalue weighted by molar-refractivity contribution is 8.26. The van der Waals surface area contributed by atoms with Gasteiger partial charge in [-0.25, -0.2) is 0 Å². The number of nitrogens with zero attached hydrogens (tertiary/aromatic N) is 1. The number of carbonyl (C=O) groups excluding carboxylic acids is 2. The van der Waals surface area contributed by atoms with Gasteiger partial charge in [0.25, 0.3) is 11.8 Å². The Kier molecular flexibility index (Phi) is 4.13. The lowest BCUT2D eigenvalue weighted by Crippen LogP contribution is -2.30. The predicted octanol–water partition coefficient (Wildman–Crippen LogP) is 2.34. The van der Waals surface area contributed by atoms with Crippen molar-refractivity contribution >= 4 is 68.9 Å². The minimum Gasteiger partial charge on any atom is -0.481 e. The number of fused-ring (bicyclic) bond motifs is 1. The summed E-state index contributed by atoms with van der Waals surface area (Å²) < 4.78 is 0.238. The molecule has 0 aromatic heterocycles. The number of hydrogen-bond donors (Lipinski definition) is 2. The van der Waals surface area contributed by atoms with Crippen molar-refractivity contribution in [3.05, 3.63) is 33.7 Å². The van der Waals surface area contributed by atoms with E-state index in [4.69, 9.17) is 28.9 Å². The Balaban J connectivity index is 2.01. The summed E-state index contributed by atoms with van der Waals surface area (Å²) in [4.78, 5) is 36.8. The van der Waals surface area contributed by atoms with Gasteiger partial charge in [0.15, 0.2) is 0 Å². The Bertz CT molecular complexity index is 806. The molecule has 2 heterocycles. The zero-order valence-electron chi connectivity index (χ0n) is 11.5. The molecule has 0 aliphatic carbocycles. The van der Waals surface area contributed by atoms with Crippen LogP contribution in [0.15, 0.2) is 23.1 Å². The standard InChI is InChI=1S/C14H9ClN2O4S2/c15-6-1-2-8-7(5-6)10(12(20)16-8)11-13(21)17(14(22)23-11)4-3-9(18)19/h1-2,5H,3-4H2,(H,16,20)(H,18,19)/b11-10+. The number of thiocarbonyl (C=S) groups is 1. The number of benzene rings is 1. The van der Waals surface area contributed by atoms with Gasteiger partial charge < -0.3 is 10.4 Å². The predicted molar refractivity (Wildman–Crippen MR) is 91.2 cm³/mol. The molecule has 23 heavy (non-hydrogen) atoms. The molecule has 118 valence electrons. The molecule has 6 nitrogen and oxygen atoms in total. The molecular weight excluding hydrogens is 360 g/mol. The molecular formula is C14H9ClN2O4S2. The molecule has 0 spiro atoms. The second kappa shape index (κ2) is 5.95. The molecule has 0 unspecified atom stereocenters. The van der Waals surface area contributed by atoms with Crippen LogP contribution >= 0.6 is 35.6 Å². The number of anilines is 1. The average molecular weight is 369 g/mol. The van der Waals surface area contributed by atoms with E-state index < -0.39 is 17.8 Å². The second-order valence-corrected chi connectivity index (χ2v) is 6.90. The first kappa shape index (κ1) is 16.0. The van der Waals surface area contributed by atoms with Gasteiger partial charge in [0.1, 0.15) is 4.32 Å². The zero-order chi connectivity index (χ0) is 16.7. The van der Waals surface area contributed by atoms with Crippen LogP contribution < -0.4 is 5.32 Å². The van der Waals surface area contributed by atoms with Gasteiger partial charge in [0.05, 0.1) is 16.9 Å². The first-order valence-corrected chi connectivity index (χ1v) is 8.10. The first-order valence-electron chi connectivity index (χ1n) is 6.49. The van der Waals surface area contributed by atoms with Gasteiger partial charge in [-0.2, -0.15) is 0 Å². The van der Waals surface area contributed by atoms with Crippen LogP contribution in [0.25, 0.3) is 5.57 Å². The molecule has 0 bridgehead atoms. The highest BCUT2D eigenvalue weighted by Gasteiger charge is 2.39. The lowest BCUT2D eigenvalue weighted by molar-refractivity contribution is -0.137. The third-order valence-corrected chi connectivity index (χ3v) is 5.04. The molecule has 9 heteroatoms. The number of halogens is 1. The van der Waals surface area contributed by atoms with Crippen molar-refractivity contribution < 1.29 is 19.5 Å². The number of carboxylic acids is 1. The molecule has 1 fully saturated rings. The van der Waals surface area contributed by atoms with Crippen LogP contribution in [0, 0.1) is 0 Å². The molecule has 2 amide bonds. The van der Waals surface area contributed by atoms with E-state index in [1.807, 2.05) is 0 Å². The number of carboxylic acid groups (broad SMARTS) is 1. The van der Waals surface area contributed by atoms with Crippen molar-refractivity contribution in [1.29, 1.82) is 0 Å². The van der Waals surface area contributed by atoms with E-state index in [-0.39, 0.29) is 27.8 Å². The topological polar surface area (TPSA) is 86.7 Å². The van der Waals surface area contributed by atoms with Crippen LogP contribution in [-0.4, -0.2) is 38.7 Å². The van der Waals surface area contributed by atoms with Crippen molar-refractivity contribution in [2.75, 3.05) is 11.9 Å². The van der Waals surface area contributed by atoms with Crippen LogP contribution in [0.5, 0.6) is 0 Å². The number of nitrogens with one attached hydrogen (secondary N) is 1. The summed E-state index contributed by atoms with van der Waals surface area (Å²) in [5.41, 5.74) is 1.34. The molecule has 3 rings (SSSR count). The maximum absolute atomic E-state index is 12.5. The normalized spacial score (nSPS) is 20.0. The smallest absolute Gasteiger partial charge is 0.305 e. The van der Waals surface area contributed by atoms with Gasteiger partial charge >= 0.3 is 5.97 Å². The van der Waals surface area contributed by atoms with Gasteiger partial charge in [-0.15, -0.1) is 0 Å². The molecule has 2 aliphatic rings. The van der Waals surface area contributed by atoms with Crippen LogP contribution in [-0.2, 0) is 14.4 Å². The van der Waals surface area contributed by atoms with E-state index >= 15 is 0 Å². The third kappa shape index (κ3) is 2.85. The van der Waals surface area contributed by atoms with Crippen molar-refractivity contribution in [1.82, 2.24) is 4.90 Å². The van der Waals surface area contributed by atoms with Crippen LogP contribution in [0.3, 0.4) is 0 Å². The minimum atomic E-state index is -1.03. The van der Waals surface area contributed by atoms with Gasteiger partial charge in [0, 0.05) is 22.8 Å². The van der Waals surface area contributed by atoms with E-state index in [0.29, 0.717) is 16.3 Å². The van der Waals surface area contributed by atoms with Crippen molar-refractivity contribution in [3.63, 3.8) is 0 Å². The Labute approximate surface area is 145 Å². The van der Waals surface area contributed by atoms with Crippen LogP contribution in [0.2, 0.25) is 5.02 Å². The molecule has 0 atom stereocenters. The summed E-state index contributed by atoms with van der Waals surface area (Å²) in [6.07, 6.45) is -0.219. The third-order valence-electron chi connectivity index (χ3n) is 3.35. The monoisotopic (exact) mass is 368 g/mol. The SMILES string of the molecule is O=C(O)CCN1C(=O)/C(=C2\C(=O)Nc3ccc(Cl)cc32)SC1=S. The van der Waals surface area contributed by atoms with E-state index in [0.717, 1.165) is 11.8 Å². The van der Waals surface area contributed by atoms with E-state index in [1.165, 1.54) is 4.90 Å². The summed E-state index contributed by atoms with van der Waals surface area (Å²) in [5.74, 6) is -1.89. The molecule has 2 aliphatic heterocycles. The Morgan fingerprint density at radius 2 is 2.13 bits per heavy atom. The fraction of sp³-hybridized carbons (Fsp3) is 0.143. The Morgan fingerprint density at radius 3 is 2.83 bits per heavy atom. The van der Waals surface area contributed by atoms with Gasteiger partial charge in [-0.3, -0.25) is 19.3 Å².